The lowest BCUT2D eigenvalue weighted by Crippen LogP contribution is -1.89. The van der Waals surface area contributed by atoms with E-state index in [1.807, 2.05) is 6.07 Å². The van der Waals surface area contributed by atoms with Gasteiger partial charge in [-0.05, 0) is 24.3 Å². The molecule has 0 fully saturated rings. The average molecular weight is 279 g/mol. The highest BCUT2D eigenvalue weighted by atomic mass is 32.2. The maximum Gasteiger partial charge on any atom is 0.345 e. The van der Waals surface area contributed by atoms with Gasteiger partial charge < -0.3 is 5.11 Å². The Kier molecular flexibility index (Phi) is 3.65. The van der Waals surface area contributed by atoms with E-state index in [0.717, 1.165) is 29.2 Å². The van der Waals surface area contributed by atoms with Crippen molar-refractivity contribution in [1.82, 2.24) is 0 Å². The quantitative estimate of drug-likeness (QED) is 0.932. The van der Waals surface area contributed by atoms with Crippen LogP contribution >= 0.6 is 23.1 Å². The van der Waals surface area contributed by atoms with Crippen molar-refractivity contribution in [2.45, 2.75) is 9.79 Å². The molecular formula is C12H6FNO2S2. The summed E-state index contributed by atoms with van der Waals surface area (Å²) >= 11 is 2.23. The lowest BCUT2D eigenvalue weighted by molar-refractivity contribution is 0.0702. The molecule has 0 aliphatic rings. The molecule has 0 saturated heterocycles. The molecule has 0 radical (unpaired) electrons. The molecule has 1 heterocycles. The largest absolute Gasteiger partial charge is 0.477 e. The molecule has 18 heavy (non-hydrogen) atoms. The van der Waals surface area contributed by atoms with E-state index in [4.69, 9.17) is 10.4 Å². The third-order valence-corrected chi connectivity index (χ3v) is 4.16. The van der Waals surface area contributed by atoms with Gasteiger partial charge in [-0.2, -0.15) is 5.26 Å². The van der Waals surface area contributed by atoms with Crippen LogP contribution in [0.1, 0.15) is 15.2 Å². The van der Waals surface area contributed by atoms with E-state index in [9.17, 15) is 9.18 Å². The second-order valence-corrected chi connectivity index (χ2v) is 5.34. The number of hydrogen-bond donors (Lipinski definition) is 1. The smallest absolute Gasteiger partial charge is 0.345 e. The number of carboxylic acids is 1. The van der Waals surface area contributed by atoms with Crippen molar-refractivity contribution >= 4 is 29.1 Å². The number of halogens is 1. The highest BCUT2D eigenvalue weighted by Crippen LogP contribution is 2.33. The molecule has 0 unspecified atom stereocenters. The first-order valence-corrected chi connectivity index (χ1v) is 6.49. The molecule has 6 heteroatoms. The fraction of sp³-hybridized carbons (Fsp3) is 0. The summed E-state index contributed by atoms with van der Waals surface area (Å²) in [5, 5.41) is 19.1. The molecule has 90 valence electrons. The molecule has 0 bridgehead atoms. The molecule has 1 N–H and O–H groups in total. The second-order valence-electron chi connectivity index (χ2n) is 3.31. The van der Waals surface area contributed by atoms with Gasteiger partial charge in [0.1, 0.15) is 10.7 Å². The third kappa shape index (κ3) is 2.70. The highest BCUT2D eigenvalue weighted by Gasteiger charge is 2.10. The summed E-state index contributed by atoms with van der Waals surface area (Å²) in [5.41, 5.74) is 0.258. The Bertz CT molecular complexity index is 646. The zero-order valence-corrected chi connectivity index (χ0v) is 10.5. The standard InChI is InChI=1S/C12H6FNO2S2/c13-9-3-7(5-14)1-2-10(9)18-8-4-11(12(15)16)17-6-8/h1-4,6H,(H,15,16). The summed E-state index contributed by atoms with van der Waals surface area (Å²) in [6.07, 6.45) is 0. The number of hydrogen-bond acceptors (Lipinski definition) is 4. The minimum absolute atomic E-state index is 0.214. The summed E-state index contributed by atoms with van der Waals surface area (Å²) in [4.78, 5) is 12.0. The summed E-state index contributed by atoms with van der Waals surface area (Å²) in [5.74, 6) is -1.48. The van der Waals surface area contributed by atoms with E-state index in [1.54, 1.807) is 5.38 Å². The molecule has 0 aliphatic carbocycles. The second kappa shape index (κ2) is 5.21. The van der Waals surface area contributed by atoms with Gasteiger partial charge in [-0.15, -0.1) is 11.3 Å². The van der Waals surface area contributed by atoms with Gasteiger partial charge in [0.15, 0.2) is 0 Å². The van der Waals surface area contributed by atoms with Gasteiger partial charge in [0.25, 0.3) is 0 Å². The van der Waals surface area contributed by atoms with Crippen LogP contribution in [0.3, 0.4) is 0 Å². The number of benzene rings is 1. The molecule has 0 atom stereocenters. The van der Waals surface area contributed by atoms with Crippen LogP contribution in [0.25, 0.3) is 0 Å². The summed E-state index contributed by atoms with van der Waals surface area (Å²) < 4.78 is 13.6. The van der Waals surface area contributed by atoms with Crippen molar-refractivity contribution in [2.75, 3.05) is 0 Å². The summed E-state index contributed by atoms with van der Waals surface area (Å²) in [6.45, 7) is 0. The maximum atomic E-state index is 13.6. The first-order valence-electron chi connectivity index (χ1n) is 4.79. The van der Waals surface area contributed by atoms with Crippen molar-refractivity contribution in [3.8, 4) is 6.07 Å². The minimum Gasteiger partial charge on any atom is -0.477 e. The molecule has 0 aliphatic heterocycles. The lowest BCUT2D eigenvalue weighted by atomic mass is 10.2. The van der Waals surface area contributed by atoms with Crippen LogP contribution in [0, 0.1) is 17.1 Å². The Hall–Kier alpha value is -1.84. The monoisotopic (exact) mass is 279 g/mol. The Morgan fingerprint density at radius 1 is 1.44 bits per heavy atom. The fourth-order valence-electron chi connectivity index (χ4n) is 1.26. The molecule has 2 rings (SSSR count). The number of carboxylic acid groups (broad SMARTS) is 1. The number of nitriles is 1. The molecule has 3 nitrogen and oxygen atoms in total. The normalized spacial score (nSPS) is 10.0. The van der Waals surface area contributed by atoms with E-state index < -0.39 is 11.8 Å². The highest BCUT2D eigenvalue weighted by molar-refractivity contribution is 7.99. The van der Waals surface area contributed by atoms with Gasteiger partial charge in [-0.25, -0.2) is 9.18 Å². The minimum atomic E-state index is -0.993. The van der Waals surface area contributed by atoms with E-state index in [1.165, 1.54) is 18.2 Å². The Morgan fingerprint density at radius 2 is 2.22 bits per heavy atom. The van der Waals surface area contributed by atoms with Crippen LogP contribution in [-0.4, -0.2) is 11.1 Å². The fourth-order valence-corrected chi connectivity index (χ4v) is 3.01. The number of nitrogens with zero attached hydrogens (tertiary/aromatic N) is 1. The van der Waals surface area contributed by atoms with Gasteiger partial charge in [-0.3, -0.25) is 0 Å². The summed E-state index contributed by atoms with van der Waals surface area (Å²) in [6, 6.07) is 7.54. The Labute approximate surface area is 110 Å². The topological polar surface area (TPSA) is 61.1 Å². The zero-order valence-electron chi connectivity index (χ0n) is 8.88. The first kappa shape index (κ1) is 12.6. The van der Waals surface area contributed by atoms with Crippen LogP contribution in [0.15, 0.2) is 39.4 Å². The van der Waals surface area contributed by atoms with Crippen molar-refractivity contribution in [3.05, 3.63) is 45.9 Å². The van der Waals surface area contributed by atoms with Crippen LogP contribution in [0.4, 0.5) is 4.39 Å². The molecular weight excluding hydrogens is 273 g/mol. The predicted octanol–water partition coefficient (Wildman–Crippen LogP) is 3.61. The first-order chi connectivity index (χ1) is 8.60. The molecule has 1 aromatic carbocycles. The maximum absolute atomic E-state index is 13.6. The van der Waals surface area contributed by atoms with Crippen LogP contribution in [0.2, 0.25) is 0 Å². The third-order valence-electron chi connectivity index (χ3n) is 2.07. The Balaban J connectivity index is 2.23. The molecule has 0 spiro atoms. The lowest BCUT2D eigenvalue weighted by Gasteiger charge is -2.00. The molecule has 1 aromatic heterocycles. The van der Waals surface area contributed by atoms with E-state index in [-0.39, 0.29) is 10.4 Å². The average Bonchev–Trinajstić information content (AvgIpc) is 2.80. The molecule has 0 amide bonds. The van der Waals surface area contributed by atoms with E-state index in [0.29, 0.717) is 9.79 Å². The molecule has 2 aromatic rings. The van der Waals surface area contributed by atoms with Crippen LogP contribution in [0.5, 0.6) is 0 Å². The summed E-state index contributed by atoms with van der Waals surface area (Å²) in [7, 11) is 0. The van der Waals surface area contributed by atoms with Gasteiger partial charge in [-0.1, -0.05) is 11.8 Å². The van der Waals surface area contributed by atoms with Gasteiger partial charge in [0.05, 0.1) is 11.6 Å². The van der Waals surface area contributed by atoms with Crippen LogP contribution < -0.4 is 0 Å². The number of carbonyl (C=O) groups is 1. The van der Waals surface area contributed by atoms with Gasteiger partial charge >= 0.3 is 5.97 Å². The van der Waals surface area contributed by atoms with Crippen molar-refractivity contribution < 1.29 is 14.3 Å². The predicted molar refractivity (Wildman–Crippen MR) is 66.5 cm³/mol. The van der Waals surface area contributed by atoms with E-state index >= 15 is 0 Å². The van der Waals surface area contributed by atoms with Gasteiger partial charge in [0, 0.05) is 15.2 Å². The number of aromatic carboxylic acids is 1. The van der Waals surface area contributed by atoms with Crippen molar-refractivity contribution in [1.29, 1.82) is 5.26 Å². The van der Waals surface area contributed by atoms with Gasteiger partial charge in [0.2, 0.25) is 0 Å². The molecule has 0 saturated carbocycles. The number of thiophene rings is 1. The van der Waals surface area contributed by atoms with Crippen molar-refractivity contribution in [3.63, 3.8) is 0 Å². The zero-order chi connectivity index (χ0) is 13.1. The Morgan fingerprint density at radius 3 is 2.78 bits per heavy atom. The van der Waals surface area contributed by atoms with Crippen molar-refractivity contribution in [2.24, 2.45) is 0 Å². The van der Waals surface area contributed by atoms with Crippen LogP contribution in [-0.2, 0) is 0 Å². The van der Waals surface area contributed by atoms with E-state index in [2.05, 4.69) is 0 Å². The number of rotatable bonds is 3. The SMILES string of the molecule is N#Cc1ccc(Sc2csc(C(=O)O)c2)c(F)c1.